The SMILES string of the molecule is NCCC1CN(C2CCCOCC2)c2ccccc21. The maximum absolute atomic E-state index is 5.78. The Morgan fingerprint density at radius 1 is 1.21 bits per heavy atom. The van der Waals surface area contributed by atoms with Gasteiger partial charge in [0.05, 0.1) is 0 Å². The highest BCUT2D eigenvalue weighted by Gasteiger charge is 2.32. The first-order chi connectivity index (χ1) is 9.40. The van der Waals surface area contributed by atoms with Crippen molar-refractivity contribution in [2.45, 2.75) is 37.6 Å². The van der Waals surface area contributed by atoms with Crippen molar-refractivity contribution in [2.75, 3.05) is 31.2 Å². The minimum atomic E-state index is 0.616. The summed E-state index contributed by atoms with van der Waals surface area (Å²) in [6.45, 7) is 3.75. The van der Waals surface area contributed by atoms with Crippen LogP contribution >= 0.6 is 0 Å². The van der Waals surface area contributed by atoms with Gasteiger partial charge in [-0.05, 0) is 43.9 Å². The fourth-order valence-corrected chi connectivity index (χ4v) is 3.52. The second-order valence-corrected chi connectivity index (χ2v) is 5.68. The maximum atomic E-state index is 5.78. The molecule has 1 fully saturated rings. The summed E-state index contributed by atoms with van der Waals surface area (Å²) < 4.78 is 5.60. The summed E-state index contributed by atoms with van der Waals surface area (Å²) in [5.74, 6) is 0.616. The molecule has 1 aromatic carbocycles. The Morgan fingerprint density at radius 2 is 2.11 bits per heavy atom. The van der Waals surface area contributed by atoms with E-state index in [-0.39, 0.29) is 0 Å². The zero-order valence-corrected chi connectivity index (χ0v) is 11.6. The molecule has 0 aromatic heterocycles. The van der Waals surface area contributed by atoms with E-state index in [9.17, 15) is 0 Å². The Morgan fingerprint density at radius 3 is 3.00 bits per heavy atom. The maximum Gasteiger partial charge on any atom is 0.0485 e. The van der Waals surface area contributed by atoms with E-state index >= 15 is 0 Å². The highest BCUT2D eigenvalue weighted by molar-refractivity contribution is 5.60. The number of hydrogen-bond donors (Lipinski definition) is 1. The van der Waals surface area contributed by atoms with Crippen LogP contribution in [0.1, 0.15) is 37.2 Å². The number of nitrogens with zero attached hydrogens (tertiary/aromatic N) is 1. The molecule has 0 bridgehead atoms. The van der Waals surface area contributed by atoms with Crippen LogP contribution in [0, 0.1) is 0 Å². The molecule has 2 aliphatic rings. The quantitative estimate of drug-likeness (QED) is 0.907. The molecule has 0 radical (unpaired) electrons. The van der Waals surface area contributed by atoms with Crippen molar-refractivity contribution in [3.63, 3.8) is 0 Å². The van der Waals surface area contributed by atoms with Crippen molar-refractivity contribution >= 4 is 5.69 Å². The van der Waals surface area contributed by atoms with Gasteiger partial charge in [-0.15, -0.1) is 0 Å². The first kappa shape index (κ1) is 12.9. The first-order valence-electron chi connectivity index (χ1n) is 7.53. The zero-order chi connectivity index (χ0) is 13.1. The van der Waals surface area contributed by atoms with Gasteiger partial charge in [0, 0.05) is 37.4 Å². The number of benzene rings is 1. The van der Waals surface area contributed by atoms with E-state index in [4.69, 9.17) is 10.5 Å². The smallest absolute Gasteiger partial charge is 0.0485 e. The molecule has 3 heteroatoms. The minimum absolute atomic E-state index is 0.616. The number of hydrogen-bond acceptors (Lipinski definition) is 3. The van der Waals surface area contributed by atoms with Crippen molar-refractivity contribution in [2.24, 2.45) is 5.73 Å². The number of nitrogens with two attached hydrogens (primary N) is 1. The molecule has 1 aromatic rings. The Labute approximate surface area is 115 Å². The third-order valence-electron chi connectivity index (χ3n) is 4.48. The number of anilines is 1. The van der Waals surface area contributed by atoms with Crippen LogP contribution in [0.25, 0.3) is 0 Å². The van der Waals surface area contributed by atoms with Gasteiger partial charge >= 0.3 is 0 Å². The van der Waals surface area contributed by atoms with Crippen LogP contribution in [0.5, 0.6) is 0 Å². The lowest BCUT2D eigenvalue weighted by Crippen LogP contribution is -2.34. The Balaban J connectivity index is 1.82. The Kier molecular flexibility index (Phi) is 4.04. The largest absolute Gasteiger partial charge is 0.381 e. The van der Waals surface area contributed by atoms with Crippen LogP contribution < -0.4 is 10.6 Å². The molecule has 0 aliphatic carbocycles. The molecule has 2 atom stereocenters. The molecule has 0 amide bonds. The fourth-order valence-electron chi connectivity index (χ4n) is 3.52. The summed E-state index contributed by atoms with van der Waals surface area (Å²) in [7, 11) is 0. The Hall–Kier alpha value is -1.06. The summed E-state index contributed by atoms with van der Waals surface area (Å²) in [4.78, 5) is 2.62. The van der Waals surface area contributed by atoms with Gasteiger partial charge in [0.25, 0.3) is 0 Å². The van der Waals surface area contributed by atoms with Crippen LogP contribution in [0.15, 0.2) is 24.3 Å². The van der Waals surface area contributed by atoms with Gasteiger partial charge in [0.2, 0.25) is 0 Å². The lowest BCUT2D eigenvalue weighted by molar-refractivity contribution is 0.143. The second kappa shape index (κ2) is 5.93. The molecular formula is C16H24N2O. The van der Waals surface area contributed by atoms with Crippen LogP contribution in [0.3, 0.4) is 0 Å². The lowest BCUT2D eigenvalue weighted by Gasteiger charge is -2.29. The predicted molar refractivity (Wildman–Crippen MR) is 78.7 cm³/mol. The normalized spacial score (nSPS) is 27.1. The summed E-state index contributed by atoms with van der Waals surface area (Å²) in [6, 6.07) is 9.51. The second-order valence-electron chi connectivity index (χ2n) is 5.68. The molecule has 2 aliphatic heterocycles. The minimum Gasteiger partial charge on any atom is -0.381 e. The number of para-hydroxylation sites is 1. The van der Waals surface area contributed by atoms with Gasteiger partial charge in [-0.1, -0.05) is 18.2 Å². The summed E-state index contributed by atoms with van der Waals surface area (Å²) in [6.07, 6.45) is 4.69. The number of ether oxygens (including phenoxy) is 1. The van der Waals surface area contributed by atoms with Crippen molar-refractivity contribution in [3.05, 3.63) is 29.8 Å². The van der Waals surface area contributed by atoms with Crippen LogP contribution in [0.2, 0.25) is 0 Å². The Bertz CT molecular complexity index is 413. The predicted octanol–water partition coefficient (Wildman–Crippen LogP) is 2.51. The molecule has 3 nitrogen and oxygen atoms in total. The standard InChI is InChI=1S/C16H24N2O/c17-9-7-13-12-18(14-4-3-10-19-11-8-14)16-6-2-1-5-15(13)16/h1-2,5-6,13-14H,3-4,7-12,17H2. The molecule has 2 unspecified atom stereocenters. The van der Waals surface area contributed by atoms with Crippen LogP contribution in [-0.4, -0.2) is 32.3 Å². The van der Waals surface area contributed by atoms with Gasteiger partial charge in [-0.25, -0.2) is 0 Å². The molecule has 3 rings (SSSR count). The van der Waals surface area contributed by atoms with Crippen LogP contribution in [-0.2, 0) is 4.74 Å². The lowest BCUT2D eigenvalue weighted by atomic mass is 9.98. The van der Waals surface area contributed by atoms with Crippen molar-refractivity contribution in [1.82, 2.24) is 0 Å². The molecule has 1 saturated heterocycles. The van der Waals surface area contributed by atoms with Gasteiger partial charge in [0.15, 0.2) is 0 Å². The van der Waals surface area contributed by atoms with Gasteiger partial charge in [-0.2, -0.15) is 0 Å². The molecule has 104 valence electrons. The van der Waals surface area contributed by atoms with Crippen LogP contribution in [0.4, 0.5) is 5.69 Å². The molecule has 19 heavy (non-hydrogen) atoms. The van der Waals surface area contributed by atoms with E-state index in [0.29, 0.717) is 12.0 Å². The van der Waals surface area contributed by atoms with Crippen molar-refractivity contribution < 1.29 is 4.74 Å². The first-order valence-corrected chi connectivity index (χ1v) is 7.53. The summed E-state index contributed by atoms with van der Waals surface area (Å²) in [5.41, 5.74) is 8.71. The number of rotatable bonds is 3. The monoisotopic (exact) mass is 260 g/mol. The van der Waals surface area contributed by atoms with E-state index in [1.807, 2.05) is 0 Å². The van der Waals surface area contributed by atoms with Gasteiger partial charge < -0.3 is 15.4 Å². The van der Waals surface area contributed by atoms with Gasteiger partial charge in [-0.3, -0.25) is 0 Å². The highest BCUT2D eigenvalue weighted by atomic mass is 16.5. The van der Waals surface area contributed by atoms with E-state index < -0.39 is 0 Å². The van der Waals surface area contributed by atoms with E-state index in [0.717, 1.165) is 39.1 Å². The van der Waals surface area contributed by atoms with E-state index in [1.165, 1.54) is 24.1 Å². The molecule has 0 spiro atoms. The zero-order valence-electron chi connectivity index (χ0n) is 11.6. The third-order valence-corrected chi connectivity index (χ3v) is 4.48. The molecular weight excluding hydrogens is 236 g/mol. The average molecular weight is 260 g/mol. The van der Waals surface area contributed by atoms with Gasteiger partial charge in [0.1, 0.15) is 0 Å². The highest BCUT2D eigenvalue weighted by Crippen LogP contribution is 2.40. The molecule has 0 saturated carbocycles. The topological polar surface area (TPSA) is 38.5 Å². The van der Waals surface area contributed by atoms with E-state index in [1.54, 1.807) is 0 Å². The van der Waals surface area contributed by atoms with Crippen molar-refractivity contribution in [3.8, 4) is 0 Å². The average Bonchev–Trinajstić information content (AvgIpc) is 2.64. The molecule has 2 heterocycles. The summed E-state index contributed by atoms with van der Waals surface area (Å²) in [5, 5.41) is 0. The third kappa shape index (κ3) is 2.63. The summed E-state index contributed by atoms with van der Waals surface area (Å²) >= 11 is 0. The molecule has 2 N–H and O–H groups in total. The number of fused-ring (bicyclic) bond motifs is 1. The van der Waals surface area contributed by atoms with E-state index in [2.05, 4.69) is 29.2 Å². The fraction of sp³-hybridized carbons (Fsp3) is 0.625. The van der Waals surface area contributed by atoms with Crippen molar-refractivity contribution in [1.29, 1.82) is 0 Å².